The molecule has 0 fully saturated rings. The summed E-state index contributed by atoms with van der Waals surface area (Å²) in [6, 6.07) is 5.07. The predicted molar refractivity (Wildman–Crippen MR) is 110 cm³/mol. The molecule has 7 nitrogen and oxygen atoms in total. The average Bonchev–Trinajstić information content (AvgIpc) is 2.79. The van der Waals surface area contributed by atoms with Crippen LogP contribution in [-0.4, -0.2) is 44.4 Å². The first kappa shape index (κ1) is 25.4. The molecule has 2 rings (SSSR count). The first-order chi connectivity index (χ1) is 15.5. The summed E-state index contributed by atoms with van der Waals surface area (Å²) in [5, 5.41) is 8.48. The van der Waals surface area contributed by atoms with Crippen molar-refractivity contribution >= 4 is 23.8 Å². The van der Waals surface area contributed by atoms with Crippen molar-refractivity contribution in [3.63, 3.8) is 0 Å². The molecule has 1 amide bonds. The number of alkyl halides is 3. The van der Waals surface area contributed by atoms with Gasteiger partial charge in [-0.05, 0) is 42.0 Å². The second-order valence-electron chi connectivity index (χ2n) is 6.39. The lowest BCUT2D eigenvalue weighted by Crippen LogP contribution is -2.20. The summed E-state index contributed by atoms with van der Waals surface area (Å²) >= 11 is 0. The fourth-order valence-electron chi connectivity index (χ4n) is 2.79. The van der Waals surface area contributed by atoms with Crippen molar-refractivity contribution in [3.8, 4) is 17.2 Å². The molecule has 0 saturated carbocycles. The second-order valence-corrected chi connectivity index (χ2v) is 6.39. The van der Waals surface area contributed by atoms with Crippen LogP contribution < -0.4 is 19.7 Å². The Morgan fingerprint density at radius 2 is 1.61 bits per heavy atom. The highest BCUT2D eigenvalue weighted by Gasteiger charge is 2.39. The normalized spacial score (nSPS) is 11.9. The van der Waals surface area contributed by atoms with Crippen molar-refractivity contribution in [2.75, 3.05) is 21.3 Å². The van der Waals surface area contributed by atoms with Crippen molar-refractivity contribution < 1.29 is 46.6 Å². The van der Waals surface area contributed by atoms with Crippen LogP contribution in [0.1, 0.15) is 21.5 Å². The molecule has 0 radical (unpaired) electrons. The Morgan fingerprint density at radius 3 is 2.09 bits per heavy atom. The van der Waals surface area contributed by atoms with Crippen LogP contribution in [-0.2, 0) is 4.79 Å². The van der Waals surface area contributed by atoms with E-state index < -0.39 is 29.3 Å². The maximum Gasteiger partial charge on any atom is 0.420 e. The molecule has 0 unspecified atom stereocenters. The van der Waals surface area contributed by atoms with Crippen LogP contribution in [0.25, 0.3) is 12.2 Å². The molecule has 33 heavy (non-hydrogen) atoms. The molecule has 0 atom stereocenters. The van der Waals surface area contributed by atoms with Crippen molar-refractivity contribution in [2.45, 2.75) is 6.18 Å². The molecule has 0 bridgehead atoms. The minimum Gasteiger partial charge on any atom is -0.493 e. The third kappa shape index (κ3) is 6.10. The highest BCUT2D eigenvalue weighted by atomic mass is 19.4. The van der Waals surface area contributed by atoms with E-state index in [0.29, 0.717) is 6.08 Å². The topological polar surface area (TPSA) is 94.1 Å². The molecular weight excluding hydrogens is 450 g/mol. The van der Waals surface area contributed by atoms with E-state index in [1.165, 1.54) is 26.8 Å². The highest BCUT2D eigenvalue weighted by molar-refractivity contribution is 6.12. The lowest BCUT2D eigenvalue weighted by Gasteiger charge is -2.16. The van der Waals surface area contributed by atoms with Crippen molar-refractivity contribution in [2.24, 2.45) is 0 Å². The van der Waals surface area contributed by atoms with Gasteiger partial charge in [-0.1, -0.05) is 6.07 Å². The molecule has 176 valence electrons. The van der Waals surface area contributed by atoms with Crippen LogP contribution in [0.2, 0.25) is 0 Å². The zero-order chi connectivity index (χ0) is 24.8. The summed E-state index contributed by atoms with van der Waals surface area (Å²) in [5.41, 5.74) is -1.02. The summed E-state index contributed by atoms with van der Waals surface area (Å²) < 4.78 is 70.6. The Kier molecular flexibility index (Phi) is 8.19. The number of benzene rings is 2. The van der Waals surface area contributed by atoms with E-state index in [2.05, 4.69) is 0 Å². The third-order valence-electron chi connectivity index (χ3n) is 4.33. The number of hydrogen-bond acceptors (Lipinski definition) is 6. The highest BCUT2D eigenvalue weighted by Crippen LogP contribution is 2.40. The number of nitrogens with one attached hydrogen (secondary N) is 1. The Bertz CT molecular complexity index is 1080. The number of hydrogen-bond donors (Lipinski definition) is 2. The van der Waals surface area contributed by atoms with Gasteiger partial charge in [0.25, 0.3) is 5.91 Å². The van der Waals surface area contributed by atoms with Gasteiger partial charge < -0.3 is 14.2 Å². The minimum atomic E-state index is -5.06. The number of allylic oxidation sites excluding steroid dienone is 1. The summed E-state index contributed by atoms with van der Waals surface area (Å²) in [6.07, 6.45) is -2.78. The summed E-state index contributed by atoms with van der Waals surface area (Å²) in [4.78, 5) is 23.9. The van der Waals surface area contributed by atoms with Gasteiger partial charge >= 0.3 is 6.18 Å². The monoisotopic (exact) mass is 469 g/mol. The molecule has 0 aliphatic rings. The largest absolute Gasteiger partial charge is 0.493 e. The van der Waals surface area contributed by atoms with Gasteiger partial charge in [0.15, 0.2) is 17.3 Å². The molecule has 0 aromatic heterocycles. The van der Waals surface area contributed by atoms with E-state index in [0.717, 1.165) is 42.5 Å². The molecule has 2 N–H and O–H groups in total. The van der Waals surface area contributed by atoms with Crippen LogP contribution in [0.5, 0.6) is 17.2 Å². The van der Waals surface area contributed by atoms with E-state index in [9.17, 15) is 27.2 Å². The molecule has 0 aliphatic carbocycles. The zero-order valence-corrected chi connectivity index (χ0v) is 17.6. The maximum absolute atomic E-state index is 14.0. The number of carbonyl (C=O) groups is 2. The molecule has 0 saturated heterocycles. The number of ether oxygens (including phenoxy) is 3. The molecule has 0 spiro atoms. The number of carbonyl (C=O) groups excluding carboxylic acids is 2. The van der Waals surface area contributed by atoms with Gasteiger partial charge in [0.1, 0.15) is 11.4 Å². The fourth-order valence-corrected chi connectivity index (χ4v) is 2.79. The van der Waals surface area contributed by atoms with E-state index in [4.69, 9.17) is 19.4 Å². The van der Waals surface area contributed by atoms with Gasteiger partial charge in [-0.25, -0.2) is 9.87 Å². The number of hydroxylamine groups is 1. The Balaban J connectivity index is 2.59. The number of halogens is 4. The van der Waals surface area contributed by atoms with Crippen molar-refractivity contribution in [1.82, 2.24) is 5.48 Å². The van der Waals surface area contributed by atoms with Crippen LogP contribution in [0.15, 0.2) is 42.0 Å². The maximum atomic E-state index is 14.0. The quantitative estimate of drug-likeness (QED) is 0.198. The van der Waals surface area contributed by atoms with Gasteiger partial charge in [0.2, 0.25) is 5.75 Å². The van der Waals surface area contributed by atoms with Gasteiger partial charge in [-0.3, -0.25) is 14.8 Å². The fraction of sp³-hybridized carbons (Fsp3) is 0.182. The number of Topliss-reactive ketones (excluding diaryl/α,β-unsaturated/α-hetero) is 1. The van der Waals surface area contributed by atoms with E-state index in [1.807, 2.05) is 0 Å². The summed E-state index contributed by atoms with van der Waals surface area (Å²) in [7, 11) is 3.79. The smallest absolute Gasteiger partial charge is 0.420 e. The lowest BCUT2D eigenvalue weighted by molar-refractivity contribution is -0.124. The summed E-state index contributed by atoms with van der Waals surface area (Å²) in [6.45, 7) is 0. The van der Waals surface area contributed by atoms with E-state index in [1.54, 1.807) is 0 Å². The average molecular weight is 469 g/mol. The Morgan fingerprint density at radius 1 is 1.00 bits per heavy atom. The number of rotatable bonds is 8. The second kappa shape index (κ2) is 10.6. The van der Waals surface area contributed by atoms with Gasteiger partial charge in [0, 0.05) is 17.2 Å². The Labute approximate surface area is 185 Å². The van der Waals surface area contributed by atoms with Gasteiger partial charge in [-0.15, -0.1) is 0 Å². The molecule has 11 heteroatoms. The van der Waals surface area contributed by atoms with Gasteiger partial charge in [-0.2, -0.15) is 13.2 Å². The predicted octanol–water partition coefficient (Wildman–Crippen LogP) is 4.20. The van der Waals surface area contributed by atoms with Gasteiger partial charge in [0.05, 0.1) is 21.3 Å². The minimum absolute atomic E-state index is 0.0157. The van der Waals surface area contributed by atoms with Crippen LogP contribution >= 0.6 is 0 Å². The zero-order valence-electron chi connectivity index (χ0n) is 17.6. The van der Waals surface area contributed by atoms with Crippen LogP contribution in [0.4, 0.5) is 17.6 Å². The number of ketones is 1. The molecular formula is C22H19F4NO6. The first-order valence-corrected chi connectivity index (χ1v) is 9.11. The van der Waals surface area contributed by atoms with E-state index in [-0.39, 0.29) is 33.9 Å². The summed E-state index contributed by atoms with van der Waals surface area (Å²) in [5.74, 6) is -3.13. The Hall–Kier alpha value is -3.86. The molecule has 2 aromatic rings. The third-order valence-corrected chi connectivity index (χ3v) is 4.33. The van der Waals surface area contributed by atoms with Crippen molar-refractivity contribution in [1.29, 1.82) is 0 Å². The SMILES string of the molecule is COc1cc(C(=O)C(=Cc2ccc(F)c(C=CC(=O)NO)c2)C(F)(F)F)cc(OC)c1OC. The van der Waals surface area contributed by atoms with E-state index >= 15 is 0 Å². The standard InChI is InChI=1S/C22H19F4NO6/c1-31-17-10-14(11-18(32-2)21(17)33-3)20(29)15(22(24,25)26)9-12-4-6-16(23)13(8-12)5-7-19(28)27-30/h4-11,30H,1-3H3,(H,27,28). The van der Waals surface area contributed by atoms with Crippen molar-refractivity contribution in [3.05, 3.63) is 64.5 Å². The molecule has 0 heterocycles. The first-order valence-electron chi connectivity index (χ1n) is 9.11. The molecule has 0 aliphatic heterocycles. The van der Waals surface area contributed by atoms with Crippen LogP contribution in [0.3, 0.4) is 0 Å². The molecule has 2 aromatic carbocycles. The number of amides is 1. The van der Waals surface area contributed by atoms with Crippen LogP contribution in [0, 0.1) is 5.82 Å². The lowest BCUT2D eigenvalue weighted by atomic mass is 9.98. The number of methoxy groups -OCH3 is 3.